The molecule has 0 N–H and O–H groups in total. The molecule has 0 aliphatic carbocycles. The Labute approximate surface area is 163 Å². The van der Waals surface area contributed by atoms with Gasteiger partial charge in [0.05, 0.1) is 41.6 Å². The van der Waals surface area contributed by atoms with Gasteiger partial charge in [-0.2, -0.15) is 5.10 Å². The molecule has 1 amide bonds. The second-order valence-electron chi connectivity index (χ2n) is 7.60. The van der Waals surface area contributed by atoms with Gasteiger partial charge in [-0.15, -0.1) is 0 Å². The van der Waals surface area contributed by atoms with Crippen molar-refractivity contribution in [3.8, 4) is 5.69 Å². The van der Waals surface area contributed by atoms with Gasteiger partial charge in [0.15, 0.2) is 0 Å². The molecule has 1 atom stereocenters. The molecule has 2 aliphatic rings. The van der Waals surface area contributed by atoms with Crippen LogP contribution in [0.4, 0.5) is 11.5 Å². The standard InChI is InChI=1S/C21H22N6O/c1-15-4-3-9-25(12-15)20-7-6-17(11-23-20)27-13-18-19(24-27)14-26(21(18)28)16-5-2-8-22-10-16/h2,5-8,10-11,13,15H,3-4,9,12,14H2,1H3/t15-/m0/s1. The molecular formula is C21H22N6O. The number of pyridine rings is 2. The van der Waals surface area contributed by atoms with Crippen molar-refractivity contribution in [2.75, 3.05) is 22.9 Å². The molecule has 0 radical (unpaired) electrons. The van der Waals surface area contributed by atoms with Crippen LogP contribution in [0.2, 0.25) is 0 Å². The first-order chi connectivity index (χ1) is 13.7. The highest BCUT2D eigenvalue weighted by Gasteiger charge is 2.32. The third kappa shape index (κ3) is 2.93. The molecule has 0 unspecified atom stereocenters. The van der Waals surface area contributed by atoms with Crippen LogP contribution in [0.5, 0.6) is 0 Å². The van der Waals surface area contributed by atoms with Gasteiger partial charge in [-0.05, 0) is 43.0 Å². The fourth-order valence-electron chi connectivity index (χ4n) is 4.02. The molecule has 0 saturated carbocycles. The van der Waals surface area contributed by atoms with Gasteiger partial charge in [-0.25, -0.2) is 9.67 Å². The maximum absolute atomic E-state index is 12.8. The van der Waals surface area contributed by atoms with Crippen LogP contribution < -0.4 is 9.80 Å². The minimum atomic E-state index is -0.0406. The second-order valence-corrected chi connectivity index (χ2v) is 7.60. The molecule has 7 nitrogen and oxygen atoms in total. The number of rotatable bonds is 3. The lowest BCUT2D eigenvalue weighted by molar-refractivity contribution is 0.0996. The van der Waals surface area contributed by atoms with E-state index in [1.54, 1.807) is 28.2 Å². The minimum Gasteiger partial charge on any atom is -0.356 e. The van der Waals surface area contributed by atoms with E-state index in [4.69, 9.17) is 0 Å². The van der Waals surface area contributed by atoms with Crippen molar-refractivity contribution in [3.05, 3.63) is 60.3 Å². The predicted octanol–water partition coefficient (Wildman–Crippen LogP) is 3.06. The van der Waals surface area contributed by atoms with Crippen LogP contribution in [0.15, 0.2) is 49.1 Å². The summed E-state index contributed by atoms with van der Waals surface area (Å²) in [6.45, 7) is 4.87. The normalized spacial score (nSPS) is 19.2. The van der Waals surface area contributed by atoms with Gasteiger partial charge < -0.3 is 9.80 Å². The van der Waals surface area contributed by atoms with Crippen molar-refractivity contribution in [2.45, 2.75) is 26.3 Å². The smallest absolute Gasteiger partial charge is 0.262 e. The van der Waals surface area contributed by atoms with Gasteiger partial charge in [0.1, 0.15) is 5.82 Å². The first-order valence-electron chi connectivity index (χ1n) is 9.71. The van der Waals surface area contributed by atoms with Gasteiger partial charge >= 0.3 is 0 Å². The van der Waals surface area contributed by atoms with E-state index in [0.717, 1.165) is 36.0 Å². The fourth-order valence-corrected chi connectivity index (χ4v) is 4.02. The summed E-state index contributed by atoms with van der Waals surface area (Å²) < 4.78 is 1.75. The molecule has 5 heterocycles. The Bertz CT molecular complexity index is 997. The van der Waals surface area contributed by atoms with E-state index in [1.807, 2.05) is 30.5 Å². The zero-order valence-electron chi connectivity index (χ0n) is 15.8. The quantitative estimate of drug-likeness (QED) is 0.705. The summed E-state index contributed by atoms with van der Waals surface area (Å²) in [5.41, 5.74) is 3.07. The van der Waals surface area contributed by atoms with Crippen molar-refractivity contribution in [2.24, 2.45) is 5.92 Å². The summed E-state index contributed by atoms with van der Waals surface area (Å²) in [6, 6.07) is 7.78. The van der Waals surface area contributed by atoms with Crippen LogP contribution in [0.3, 0.4) is 0 Å². The largest absolute Gasteiger partial charge is 0.356 e. The number of carbonyl (C=O) groups excluding carboxylic acids is 1. The summed E-state index contributed by atoms with van der Waals surface area (Å²) in [6.07, 6.45) is 9.53. The Morgan fingerprint density at radius 2 is 2.07 bits per heavy atom. The predicted molar refractivity (Wildman–Crippen MR) is 107 cm³/mol. The lowest BCUT2D eigenvalue weighted by atomic mass is 10.0. The van der Waals surface area contributed by atoms with Crippen molar-refractivity contribution in [1.82, 2.24) is 19.7 Å². The highest BCUT2D eigenvalue weighted by Crippen LogP contribution is 2.28. The van der Waals surface area contributed by atoms with Crippen LogP contribution in [-0.2, 0) is 6.54 Å². The monoisotopic (exact) mass is 374 g/mol. The Morgan fingerprint density at radius 3 is 2.79 bits per heavy atom. The lowest BCUT2D eigenvalue weighted by Crippen LogP contribution is -2.34. The van der Waals surface area contributed by atoms with E-state index in [9.17, 15) is 4.79 Å². The van der Waals surface area contributed by atoms with Gasteiger partial charge in [-0.3, -0.25) is 9.78 Å². The number of carbonyl (C=O) groups is 1. The Balaban J connectivity index is 1.35. The average molecular weight is 374 g/mol. The number of aromatic nitrogens is 4. The molecule has 1 saturated heterocycles. The number of amides is 1. The van der Waals surface area contributed by atoms with E-state index >= 15 is 0 Å². The van der Waals surface area contributed by atoms with Crippen molar-refractivity contribution >= 4 is 17.4 Å². The fraction of sp³-hybridized carbons (Fsp3) is 0.333. The Hall–Kier alpha value is -3.22. The number of hydrogen-bond acceptors (Lipinski definition) is 5. The summed E-state index contributed by atoms with van der Waals surface area (Å²) in [7, 11) is 0. The van der Waals surface area contributed by atoms with E-state index in [2.05, 4.69) is 26.9 Å². The van der Waals surface area contributed by atoms with Crippen LogP contribution in [-0.4, -0.2) is 38.7 Å². The van der Waals surface area contributed by atoms with Crippen LogP contribution >= 0.6 is 0 Å². The van der Waals surface area contributed by atoms with Gasteiger partial charge in [0.25, 0.3) is 5.91 Å². The molecular weight excluding hydrogens is 352 g/mol. The van der Waals surface area contributed by atoms with E-state index in [0.29, 0.717) is 18.0 Å². The highest BCUT2D eigenvalue weighted by molar-refractivity contribution is 6.09. The zero-order valence-corrected chi connectivity index (χ0v) is 15.8. The molecule has 0 aromatic carbocycles. The second kappa shape index (κ2) is 6.74. The molecule has 142 valence electrons. The Kier molecular flexibility index (Phi) is 4.07. The first kappa shape index (κ1) is 16.9. The zero-order chi connectivity index (χ0) is 19.1. The van der Waals surface area contributed by atoms with E-state index in [-0.39, 0.29) is 5.91 Å². The van der Waals surface area contributed by atoms with Gasteiger partial charge in [0, 0.05) is 25.5 Å². The number of hydrogen-bond donors (Lipinski definition) is 0. The summed E-state index contributed by atoms with van der Waals surface area (Å²) in [5.74, 6) is 1.67. The number of nitrogens with zero attached hydrogens (tertiary/aromatic N) is 6. The molecule has 5 rings (SSSR count). The SMILES string of the molecule is C[C@H]1CCCN(c2ccc(-n3cc4c(n3)CN(c3cccnc3)C4=O)cn2)C1. The molecule has 0 spiro atoms. The first-order valence-corrected chi connectivity index (χ1v) is 9.71. The Morgan fingerprint density at radius 1 is 1.14 bits per heavy atom. The molecule has 3 aromatic heterocycles. The van der Waals surface area contributed by atoms with Gasteiger partial charge in [-0.1, -0.05) is 6.92 Å². The molecule has 1 fully saturated rings. The van der Waals surface area contributed by atoms with Crippen LogP contribution in [0.25, 0.3) is 5.69 Å². The maximum Gasteiger partial charge on any atom is 0.262 e. The third-order valence-corrected chi connectivity index (χ3v) is 5.51. The van der Waals surface area contributed by atoms with Crippen LogP contribution in [0.1, 0.15) is 35.8 Å². The summed E-state index contributed by atoms with van der Waals surface area (Å²) in [4.78, 5) is 25.5. The van der Waals surface area contributed by atoms with E-state index < -0.39 is 0 Å². The highest BCUT2D eigenvalue weighted by atomic mass is 16.2. The number of anilines is 2. The van der Waals surface area contributed by atoms with Crippen LogP contribution in [0, 0.1) is 5.92 Å². The topological polar surface area (TPSA) is 67.2 Å². The number of piperidine rings is 1. The molecule has 7 heteroatoms. The summed E-state index contributed by atoms with van der Waals surface area (Å²) in [5, 5.41) is 4.62. The van der Waals surface area contributed by atoms with Gasteiger partial charge in [0.2, 0.25) is 0 Å². The summed E-state index contributed by atoms with van der Waals surface area (Å²) >= 11 is 0. The third-order valence-electron chi connectivity index (χ3n) is 5.51. The molecule has 28 heavy (non-hydrogen) atoms. The van der Waals surface area contributed by atoms with Crippen molar-refractivity contribution in [1.29, 1.82) is 0 Å². The van der Waals surface area contributed by atoms with Crippen molar-refractivity contribution in [3.63, 3.8) is 0 Å². The number of fused-ring (bicyclic) bond motifs is 1. The maximum atomic E-state index is 12.8. The average Bonchev–Trinajstić information content (AvgIpc) is 3.28. The van der Waals surface area contributed by atoms with E-state index in [1.165, 1.54) is 12.8 Å². The lowest BCUT2D eigenvalue weighted by Gasteiger charge is -2.31. The van der Waals surface area contributed by atoms with Crippen molar-refractivity contribution < 1.29 is 4.79 Å². The minimum absolute atomic E-state index is 0.0406. The molecule has 0 bridgehead atoms. The molecule has 3 aromatic rings. The molecule has 2 aliphatic heterocycles.